The second-order valence-corrected chi connectivity index (χ2v) is 3.88. The van der Waals surface area contributed by atoms with Crippen LogP contribution >= 0.6 is 11.6 Å². The molecule has 0 aliphatic carbocycles. The molecule has 0 spiro atoms. The molecule has 4 nitrogen and oxygen atoms in total. The summed E-state index contributed by atoms with van der Waals surface area (Å²) in [6.07, 6.45) is 0.539. The lowest BCUT2D eigenvalue weighted by atomic mass is 10.1. The van der Waals surface area contributed by atoms with Gasteiger partial charge in [-0.25, -0.2) is 9.97 Å². The van der Waals surface area contributed by atoms with Gasteiger partial charge in [-0.1, -0.05) is 23.7 Å². The third kappa shape index (κ3) is 2.72. The Morgan fingerprint density at radius 2 is 1.94 bits per heavy atom. The molecule has 1 heterocycles. The van der Waals surface area contributed by atoms with Crippen molar-refractivity contribution in [2.45, 2.75) is 6.10 Å². The molecular formula is C12H11ClN2O2. The minimum Gasteiger partial charge on any atom is -0.481 e. The average Bonchev–Trinajstić information content (AvgIpc) is 2.39. The molecule has 0 fully saturated rings. The van der Waals surface area contributed by atoms with Gasteiger partial charge in [0.2, 0.25) is 5.88 Å². The van der Waals surface area contributed by atoms with Crippen LogP contribution in [-0.2, 0) is 0 Å². The van der Waals surface area contributed by atoms with Gasteiger partial charge >= 0.3 is 0 Å². The van der Waals surface area contributed by atoms with Crippen LogP contribution in [0.2, 0.25) is 5.02 Å². The van der Waals surface area contributed by atoms with Gasteiger partial charge in [-0.05, 0) is 17.7 Å². The van der Waals surface area contributed by atoms with Gasteiger partial charge in [-0.3, -0.25) is 0 Å². The summed E-state index contributed by atoms with van der Waals surface area (Å²) in [5.74, 6) is 0.419. The SMILES string of the molecule is COc1cc(C(O)c2ccc(Cl)cc2)ncn1. The molecular weight excluding hydrogens is 240 g/mol. The quantitative estimate of drug-likeness (QED) is 0.908. The van der Waals surface area contributed by atoms with Gasteiger partial charge in [0.1, 0.15) is 12.4 Å². The Balaban J connectivity index is 2.29. The zero-order chi connectivity index (χ0) is 12.3. The van der Waals surface area contributed by atoms with E-state index < -0.39 is 6.10 Å². The zero-order valence-electron chi connectivity index (χ0n) is 9.17. The van der Waals surface area contributed by atoms with Crippen molar-refractivity contribution in [2.75, 3.05) is 7.11 Å². The molecule has 17 heavy (non-hydrogen) atoms. The molecule has 0 amide bonds. The van der Waals surface area contributed by atoms with E-state index in [1.165, 1.54) is 13.4 Å². The summed E-state index contributed by atoms with van der Waals surface area (Å²) in [7, 11) is 1.51. The van der Waals surface area contributed by atoms with Crippen LogP contribution in [0.15, 0.2) is 36.7 Å². The summed E-state index contributed by atoms with van der Waals surface area (Å²) < 4.78 is 4.98. The van der Waals surface area contributed by atoms with Gasteiger partial charge in [0, 0.05) is 11.1 Å². The number of ether oxygens (including phenoxy) is 1. The molecule has 5 heteroatoms. The Bertz CT molecular complexity index is 502. The fourth-order valence-corrected chi connectivity index (χ4v) is 1.56. The highest BCUT2D eigenvalue weighted by Gasteiger charge is 2.12. The third-order valence-corrected chi connectivity index (χ3v) is 2.59. The van der Waals surface area contributed by atoms with Crippen LogP contribution in [-0.4, -0.2) is 22.2 Å². The third-order valence-electron chi connectivity index (χ3n) is 2.34. The predicted molar refractivity (Wildman–Crippen MR) is 64.1 cm³/mol. The summed E-state index contributed by atoms with van der Waals surface area (Å²) in [4.78, 5) is 7.89. The van der Waals surface area contributed by atoms with Crippen LogP contribution in [0.1, 0.15) is 17.4 Å². The van der Waals surface area contributed by atoms with E-state index in [2.05, 4.69) is 9.97 Å². The Hall–Kier alpha value is -1.65. The zero-order valence-corrected chi connectivity index (χ0v) is 9.93. The van der Waals surface area contributed by atoms with Crippen LogP contribution in [0.5, 0.6) is 5.88 Å². The van der Waals surface area contributed by atoms with Crippen LogP contribution in [0, 0.1) is 0 Å². The van der Waals surface area contributed by atoms with Crippen LogP contribution in [0.4, 0.5) is 0 Å². The van der Waals surface area contributed by atoms with Crippen LogP contribution in [0.3, 0.4) is 0 Å². The normalized spacial score (nSPS) is 12.2. The van der Waals surface area contributed by atoms with Gasteiger partial charge < -0.3 is 9.84 Å². The first-order chi connectivity index (χ1) is 8.20. The first-order valence-corrected chi connectivity index (χ1v) is 5.38. The van der Waals surface area contributed by atoms with Crippen LogP contribution in [0.25, 0.3) is 0 Å². The van der Waals surface area contributed by atoms with Gasteiger partial charge in [0.05, 0.1) is 12.8 Å². The fourth-order valence-electron chi connectivity index (χ4n) is 1.43. The number of hydrogen-bond donors (Lipinski definition) is 1. The first kappa shape index (κ1) is 11.8. The number of aliphatic hydroxyl groups excluding tert-OH is 1. The van der Waals surface area contributed by atoms with Gasteiger partial charge in [0.15, 0.2) is 0 Å². The smallest absolute Gasteiger partial charge is 0.216 e. The molecule has 0 aliphatic rings. The predicted octanol–water partition coefficient (Wildman–Crippen LogP) is 2.22. The van der Waals surface area contributed by atoms with Crippen molar-refractivity contribution in [1.82, 2.24) is 9.97 Å². The van der Waals surface area contributed by atoms with Crippen molar-refractivity contribution in [3.8, 4) is 5.88 Å². The molecule has 1 aromatic heterocycles. The Kier molecular flexibility index (Phi) is 3.56. The fraction of sp³-hybridized carbons (Fsp3) is 0.167. The second kappa shape index (κ2) is 5.12. The second-order valence-electron chi connectivity index (χ2n) is 3.44. The number of aromatic nitrogens is 2. The molecule has 1 N–H and O–H groups in total. The van der Waals surface area contributed by atoms with E-state index in [1.54, 1.807) is 30.3 Å². The number of benzene rings is 1. The van der Waals surface area contributed by atoms with Crippen LogP contribution < -0.4 is 4.74 Å². The van der Waals surface area contributed by atoms with E-state index >= 15 is 0 Å². The molecule has 0 saturated carbocycles. The number of halogens is 1. The van der Waals surface area contributed by atoms with Crippen molar-refractivity contribution in [3.05, 3.63) is 52.9 Å². The number of rotatable bonds is 3. The molecule has 2 rings (SSSR count). The number of nitrogens with zero attached hydrogens (tertiary/aromatic N) is 2. The number of hydrogen-bond acceptors (Lipinski definition) is 4. The molecule has 1 atom stereocenters. The molecule has 1 aromatic carbocycles. The largest absolute Gasteiger partial charge is 0.481 e. The summed E-state index contributed by atoms with van der Waals surface area (Å²) in [5, 5.41) is 10.7. The minimum atomic E-state index is -0.816. The first-order valence-electron chi connectivity index (χ1n) is 5.00. The Morgan fingerprint density at radius 3 is 2.59 bits per heavy atom. The molecule has 0 aliphatic heterocycles. The topological polar surface area (TPSA) is 55.2 Å². The number of aliphatic hydroxyl groups is 1. The summed E-state index contributed by atoms with van der Waals surface area (Å²) in [5.41, 5.74) is 1.20. The maximum Gasteiger partial charge on any atom is 0.216 e. The maximum absolute atomic E-state index is 10.1. The van der Waals surface area contributed by atoms with E-state index in [4.69, 9.17) is 16.3 Å². The summed E-state index contributed by atoms with van der Waals surface area (Å²) >= 11 is 5.78. The molecule has 2 aromatic rings. The van der Waals surface area contributed by atoms with Gasteiger partial charge in [-0.2, -0.15) is 0 Å². The minimum absolute atomic E-state index is 0.419. The Labute approximate surface area is 104 Å². The lowest BCUT2D eigenvalue weighted by molar-refractivity contribution is 0.214. The van der Waals surface area contributed by atoms with E-state index in [1.807, 2.05) is 0 Å². The summed E-state index contributed by atoms with van der Waals surface area (Å²) in [6.45, 7) is 0. The number of methoxy groups -OCH3 is 1. The van der Waals surface area contributed by atoms with E-state index in [9.17, 15) is 5.11 Å². The van der Waals surface area contributed by atoms with E-state index in [0.717, 1.165) is 5.56 Å². The van der Waals surface area contributed by atoms with Crippen molar-refractivity contribution in [3.63, 3.8) is 0 Å². The van der Waals surface area contributed by atoms with Gasteiger partial charge in [0.25, 0.3) is 0 Å². The van der Waals surface area contributed by atoms with E-state index in [0.29, 0.717) is 16.6 Å². The molecule has 0 radical (unpaired) electrons. The Morgan fingerprint density at radius 1 is 1.24 bits per heavy atom. The molecule has 0 saturated heterocycles. The monoisotopic (exact) mass is 250 g/mol. The highest BCUT2D eigenvalue weighted by atomic mass is 35.5. The standard InChI is InChI=1S/C12H11ClN2O2/c1-17-11-6-10(14-7-15-11)12(16)8-2-4-9(13)5-3-8/h2-7,12,16H,1H3. The van der Waals surface area contributed by atoms with Crippen molar-refractivity contribution < 1.29 is 9.84 Å². The maximum atomic E-state index is 10.1. The van der Waals surface area contributed by atoms with Gasteiger partial charge in [-0.15, -0.1) is 0 Å². The summed E-state index contributed by atoms with van der Waals surface area (Å²) in [6, 6.07) is 8.54. The molecule has 88 valence electrons. The highest BCUT2D eigenvalue weighted by molar-refractivity contribution is 6.30. The molecule has 1 unspecified atom stereocenters. The molecule has 0 bridgehead atoms. The van der Waals surface area contributed by atoms with Crippen molar-refractivity contribution in [1.29, 1.82) is 0 Å². The van der Waals surface area contributed by atoms with Crippen molar-refractivity contribution >= 4 is 11.6 Å². The van der Waals surface area contributed by atoms with Crippen molar-refractivity contribution in [2.24, 2.45) is 0 Å². The average molecular weight is 251 g/mol. The lowest BCUT2D eigenvalue weighted by Gasteiger charge is -2.10. The highest BCUT2D eigenvalue weighted by Crippen LogP contribution is 2.23. The van der Waals surface area contributed by atoms with E-state index in [-0.39, 0.29) is 0 Å². The lowest BCUT2D eigenvalue weighted by Crippen LogP contribution is -2.03.